The van der Waals surface area contributed by atoms with Gasteiger partial charge in [0, 0.05) is 36.2 Å². The number of nitrogens with zero attached hydrogens (tertiary/aromatic N) is 1. The number of carbonyl (C=O) groups is 2. The highest BCUT2D eigenvalue weighted by Crippen LogP contribution is 2.45. The summed E-state index contributed by atoms with van der Waals surface area (Å²) in [5.74, 6) is -3.02. The fraction of sp³-hybridized carbons (Fsp3) is 0.333. The van der Waals surface area contributed by atoms with Gasteiger partial charge in [0.2, 0.25) is 0 Å². The maximum absolute atomic E-state index is 14.3. The summed E-state index contributed by atoms with van der Waals surface area (Å²) in [7, 11) is 0. The summed E-state index contributed by atoms with van der Waals surface area (Å²) in [5.41, 5.74) is 1.89. The zero-order chi connectivity index (χ0) is 19.3. The number of fused-ring (bicyclic) bond motifs is 3. The summed E-state index contributed by atoms with van der Waals surface area (Å²) >= 11 is 6.27. The number of carboxylic acid groups (broad SMARTS) is 2. The van der Waals surface area contributed by atoms with Gasteiger partial charge < -0.3 is 24.8 Å². The second-order valence-electron chi connectivity index (χ2n) is 6.51. The lowest BCUT2D eigenvalue weighted by molar-refractivity contribution is -0.135. The fourth-order valence-electron chi connectivity index (χ4n) is 3.98. The zero-order valence-corrected chi connectivity index (χ0v) is 14.8. The Morgan fingerprint density at radius 2 is 2.07 bits per heavy atom. The van der Waals surface area contributed by atoms with Gasteiger partial charge in [0.1, 0.15) is 24.2 Å². The number of hydrogen-bond donors (Lipinski definition) is 3. The molecule has 0 bridgehead atoms. The molecule has 27 heavy (non-hydrogen) atoms. The fourth-order valence-corrected chi connectivity index (χ4v) is 4.24. The molecule has 1 unspecified atom stereocenters. The van der Waals surface area contributed by atoms with Crippen molar-refractivity contribution in [2.24, 2.45) is 0 Å². The highest BCUT2D eigenvalue weighted by Gasteiger charge is 2.35. The molecule has 0 saturated heterocycles. The molecule has 142 valence electrons. The van der Waals surface area contributed by atoms with Gasteiger partial charge in [-0.05, 0) is 18.5 Å². The highest BCUT2D eigenvalue weighted by atomic mass is 35.5. The molecular weight excluding hydrogens is 379 g/mol. The lowest BCUT2D eigenvalue weighted by Gasteiger charge is -2.29. The molecule has 1 aromatic heterocycles. The number of carboxylic acids is 2. The van der Waals surface area contributed by atoms with Crippen molar-refractivity contribution in [3.63, 3.8) is 0 Å². The molecule has 1 atom stereocenters. The number of aliphatic carboxylic acids is 2. The van der Waals surface area contributed by atoms with Crippen LogP contribution in [0.1, 0.15) is 17.3 Å². The second-order valence-corrected chi connectivity index (χ2v) is 6.89. The Hall–Kier alpha value is -2.58. The smallest absolute Gasteiger partial charge is 0.334 e. The highest BCUT2D eigenvalue weighted by molar-refractivity contribution is 6.36. The first-order valence-electron chi connectivity index (χ1n) is 8.45. The van der Waals surface area contributed by atoms with Crippen molar-refractivity contribution in [1.29, 1.82) is 0 Å². The summed E-state index contributed by atoms with van der Waals surface area (Å²) in [6.07, 6.45) is 1.86. The first kappa shape index (κ1) is 17.8. The SMILES string of the molecule is O=C(O)/C=C(\C(=O)O)C1COc2cc(F)c(Cl)c3c4c(n1c23)CCNCC4. The van der Waals surface area contributed by atoms with Crippen molar-refractivity contribution in [2.75, 3.05) is 19.7 Å². The van der Waals surface area contributed by atoms with Crippen LogP contribution in [0.15, 0.2) is 17.7 Å². The molecule has 2 aliphatic rings. The lowest BCUT2D eigenvalue weighted by Crippen LogP contribution is -2.29. The van der Waals surface area contributed by atoms with Crippen LogP contribution in [-0.4, -0.2) is 46.4 Å². The molecular formula is C18H16ClFN2O5. The average Bonchev–Trinajstić information content (AvgIpc) is 2.77. The van der Waals surface area contributed by atoms with Gasteiger partial charge in [0.05, 0.1) is 16.1 Å². The van der Waals surface area contributed by atoms with Gasteiger partial charge in [-0.2, -0.15) is 0 Å². The van der Waals surface area contributed by atoms with Crippen molar-refractivity contribution >= 4 is 34.4 Å². The van der Waals surface area contributed by atoms with E-state index in [0.717, 1.165) is 11.3 Å². The van der Waals surface area contributed by atoms with Gasteiger partial charge in [-0.1, -0.05) is 11.6 Å². The van der Waals surface area contributed by atoms with E-state index in [0.29, 0.717) is 42.9 Å². The standard InChI is InChI=1S/C18H16ClFN2O5/c19-16-10(20)6-13-17-15(16)8-1-3-21-4-2-11(8)22(17)12(7-27-13)9(18(25)26)5-14(23)24/h5-6,12,21H,1-4,7H2,(H,23,24)(H,25,26)/b9-5-. The molecule has 0 fully saturated rings. The van der Waals surface area contributed by atoms with E-state index in [9.17, 15) is 19.1 Å². The Morgan fingerprint density at radius 1 is 1.33 bits per heavy atom. The van der Waals surface area contributed by atoms with Crippen LogP contribution >= 0.6 is 11.6 Å². The van der Waals surface area contributed by atoms with E-state index in [1.54, 1.807) is 4.57 Å². The normalized spacial score (nSPS) is 19.3. The maximum atomic E-state index is 14.3. The number of hydrogen-bond acceptors (Lipinski definition) is 4. The molecule has 3 heterocycles. The van der Waals surface area contributed by atoms with Gasteiger partial charge in [0.15, 0.2) is 0 Å². The number of ether oxygens (including phenoxy) is 1. The van der Waals surface area contributed by atoms with Crippen LogP contribution in [0.25, 0.3) is 10.9 Å². The minimum Gasteiger partial charge on any atom is -0.489 e. The molecule has 0 spiro atoms. The van der Waals surface area contributed by atoms with Crippen LogP contribution in [0.4, 0.5) is 4.39 Å². The molecule has 1 aromatic carbocycles. The Labute approximate surface area is 158 Å². The van der Waals surface area contributed by atoms with E-state index < -0.39 is 23.8 Å². The Morgan fingerprint density at radius 3 is 2.78 bits per heavy atom. The van der Waals surface area contributed by atoms with Crippen molar-refractivity contribution in [3.05, 3.63) is 39.8 Å². The van der Waals surface area contributed by atoms with E-state index in [1.165, 1.54) is 6.07 Å². The van der Waals surface area contributed by atoms with Crippen molar-refractivity contribution in [3.8, 4) is 5.75 Å². The minimum absolute atomic E-state index is 0.0333. The van der Waals surface area contributed by atoms with Crippen LogP contribution in [0, 0.1) is 5.82 Å². The summed E-state index contributed by atoms with van der Waals surface area (Å²) in [6.45, 7) is 1.23. The molecule has 0 amide bonds. The molecule has 4 rings (SSSR count). The Balaban J connectivity index is 2.06. The van der Waals surface area contributed by atoms with Crippen LogP contribution in [0.3, 0.4) is 0 Å². The molecule has 3 N–H and O–H groups in total. The molecule has 2 aliphatic heterocycles. The van der Waals surface area contributed by atoms with E-state index in [-0.39, 0.29) is 23.0 Å². The first-order chi connectivity index (χ1) is 12.9. The van der Waals surface area contributed by atoms with Gasteiger partial charge in [-0.3, -0.25) is 0 Å². The third-order valence-electron chi connectivity index (χ3n) is 5.02. The number of rotatable bonds is 3. The minimum atomic E-state index is -1.36. The second kappa shape index (κ2) is 6.54. The topological polar surface area (TPSA) is 101 Å². The number of benzene rings is 1. The zero-order valence-electron chi connectivity index (χ0n) is 14.1. The lowest BCUT2D eigenvalue weighted by atomic mass is 10.0. The summed E-state index contributed by atoms with van der Waals surface area (Å²) < 4.78 is 21.7. The van der Waals surface area contributed by atoms with E-state index in [1.807, 2.05) is 0 Å². The van der Waals surface area contributed by atoms with Crippen LogP contribution in [0.5, 0.6) is 5.75 Å². The molecule has 0 radical (unpaired) electrons. The first-order valence-corrected chi connectivity index (χ1v) is 8.83. The average molecular weight is 395 g/mol. The monoisotopic (exact) mass is 394 g/mol. The molecule has 0 aliphatic carbocycles. The maximum Gasteiger partial charge on any atom is 0.334 e. The molecule has 9 heteroatoms. The van der Waals surface area contributed by atoms with Crippen LogP contribution in [-0.2, 0) is 22.4 Å². The third kappa shape index (κ3) is 2.76. The number of halogens is 2. The predicted octanol–water partition coefficient (Wildman–Crippen LogP) is 2.15. The number of nitrogens with one attached hydrogen (secondary N) is 1. The van der Waals surface area contributed by atoms with Gasteiger partial charge in [0.25, 0.3) is 0 Å². The Bertz CT molecular complexity index is 1010. The molecule has 0 saturated carbocycles. The van der Waals surface area contributed by atoms with E-state index >= 15 is 0 Å². The summed E-state index contributed by atoms with van der Waals surface area (Å²) in [4.78, 5) is 22.9. The van der Waals surface area contributed by atoms with Crippen LogP contribution < -0.4 is 10.1 Å². The van der Waals surface area contributed by atoms with Crippen molar-refractivity contribution in [1.82, 2.24) is 9.88 Å². The number of aromatic nitrogens is 1. The quantitative estimate of drug-likeness (QED) is 0.690. The summed E-state index contributed by atoms with van der Waals surface area (Å²) in [6, 6.07) is 0.341. The predicted molar refractivity (Wildman–Crippen MR) is 95.1 cm³/mol. The third-order valence-corrected chi connectivity index (χ3v) is 5.39. The van der Waals surface area contributed by atoms with Crippen molar-refractivity contribution in [2.45, 2.75) is 18.9 Å². The van der Waals surface area contributed by atoms with Crippen molar-refractivity contribution < 1.29 is 28.9 Å². The molecule has 7 nitrogen and oxygen atoms in total. The molecule has 2 aromatic rings. The largest absolute Gasteiger partial charge is 0.489 e. The van der Waals surface area contributed by atoms with E-state index in [4.69, 9.17) is 21.4 Å². The van der Waals surface area contributed by atoms with Gasteiger partial charge in [-0.25, -0.2) is 14.0 Å². The van der Waals surface area contributed by atoms with Gasteiger partial charge >= 0.3 is 11.9 Å². The van der Waals surface area contributed by atoms with Gasteiger partial charge in [-0.15, -0.1) is 0 Å². The summed E-state index contributed by atoms with van der Waals surface area (Å²) in [5, 5.41) is 22.4. The van der Waals surface area contributed by atoms with E-state index in [2.05, 4.69) is 5.32 Å². The Kier molecular flexibility index (Phi) is 4.32. The van der Waals surface area contributed by atoms with Crippen LogP contribution in [0.2, 0.25) is 5.02 Å².